The predicted octanol–water partition coefficient (Wildman–Crippen LogP) is 2.04. The van der Waals surface area contributed by atoms with Crippen molar-refractivity contribution in [2.24, 2.45) is 0 Å². The predicted molar refractivity (Wildman–Crippen MR) is 97.2 cm³/mol. The molecule has 3 aromatic heterocycles. The van der Waals surface area contributed by atoms with Gasteiger partial charge in [-0.2, -0.15) is 0 Å². The Balaban J connectivity index is 1.95. The molecule has 1 fully saturated rings. The van der Waals surface area contributed by atoms with Crippen LogP contribution in [0.2, 0.25) is 0 Å². The topological polar surface area (TPSA) is 101 Å². The zero-order chi connectivity index (χ0) is 17.6. The number of pyridine rings is 1. The molecule has 0 spiro atoms. The van der Waals surface area contributed by atoms with Gasteiger partial charge in [-0.15, -0.1) is 0 Å². The van der Waals surface area contributed by atoms with E-state index in [0.29, 0.717) is 18.6 Å². The zero-order valence-corrected chi connectivity index (χ0v) is 15.1. The van der Waals surface area contributed by atoms with Crippen LogP contribution in [0.25, 0.3) is 21.9 Å². The third kappa shape index (κ3) is 2.69. The zero-order valence-electron chi connectivity index (χ0n) is 14.3. The largest absolute Gasteiger partial charge is 0.346 e. The second-order valence-electron chi connectivity index (χ2n) is 6.57. The van der Waals surface area contributed by atoms with Crippen LogP contribution >= 0.6 is 0 Å². The third-order valence-corrected chi connectivity index (χ3v) is 7.05. The Bertz CT molecular complexity index is 1040. The fourth-order valence-electron chi connectivity index (χ4n) is 3.82. The fraction of sp³-hybridized carbons (Fsp3) is 0.471. The Kier molecular flexibility index (Phi) is 3.96. The van der Waals surface area contributed by atoms with Crippen LogP contribution in [0.5, 0.6) is 0 Å². The molecule has 7 nitrogen and oxygen atoms in total. The Hall–Kier alpha value is -2.06. The molecule has 4 heterocycles. The van der Waals surface area contributed by atoms with Crippen LogP contribution < -0.4 is 5.32 Å². The van der Waals surface area contributed by atoms with Gasteiger partial charge in [-0.1, -0.05) is 6.92 Å². The number of aromatic amines is 1. The Morgan fingerprint density at radius 1 is 1.32 bits per heavy atom. The SMILES string of the molecule is CCCS(=O)(=O)C1NCCC1c1[nH]c(C)nc2cnc3nccc3c12. The number of nitrogens with one attached hydrogen (secondary N) is 2. The maximum Gasteiger partial charge on any atom is 0.166 e. The summed E-state index contributed by atoms with van der Waals surface area (Å²) in [6.45, 7) is 4.46. The van der Waals surface area contributed by atoms with Gasteiger partial charge < -0.3 is 10.3 Å². The molecule has 132 valence electrons. The summed E-state index contributed by atoms with van der Waals surface area (Å²) in [5.74, 6) is 0.806. The van der Waals surface area contributed by atoms with Crippen LogP contribution in [0.3, 0.4) is 0 Å². The highest BCUT2D eigenvalue weighted by Gasteiger charge is 2.39. The van der Waals surface area contributed by atoms with Gasteiger partial charge in [0.15, 0.2) is 15.5 Å². The van der Waals surface area contributed by atoms with E-state index in [1.165, 1.54) is 0 Å². The summed E-state index contributed by atoms with van der Waals surface area (Å²) < 4.78 is 25.5. The molecule has 8 heteroatoms. The number of nitrogens with zero attached hydrogens (tertiary/aromatic N) is 3. The Morgan fingerprint density at radius 2 is 2.16 bits per heavy atom. The molecule has 1 aliphatic heterocycles. The van der Waals surface area contributed by atoms with E-state index in [1.807, 2.05) is 19.9 Å². The molecular weight excluding hydrogens is 338 g/mol. The van der Waals surface area contributed by atoms with E-state index in [1.54, 1.807) is 12.4 Å². The van der Waals surface area contributed by atoms with E-state index in [-0.39, 0.29) is 11.7 Å². The van der Waals surface area contributed by atoms with Gasteiger partial charge in [0.1, 0.15) is 11.2 Å². The van der Waals surface area contributed by atoms with Gasteiger partial charge in [0.25, 0.3) is 0 Å². The number of hydrogen-bond acceptors (Lipinski definition) is 6. The number of hydrogen-bond donors (Lipinski definition) is 2. The molecule has 3 aromatic rings. The standard InChI is InChI=1S/C17H21N5O2S/c1-3-8-25(23,24)17-12(5-7-19-17)15-14-11-4-6-18-16(11)20-9-13(14)21-10(2)22-15/h4,6,9,12,17,19H,3,5,7-8H2,1-2H3,(H,21,22). The van der Waals surface area contributed by atoms with Gasteiger partial charge in [0.2, 0.25) is 0 Å². The van der Waals surface area contributed by atoms with Crippen molar-refractivity contribution in [2.45, 2.75) is 38.0 Å². The van der Waals surface area contributed by atoms with Crippen LogP contribution in [0.15, 0.2) is 18.5 Å². The number of rotatable bonds is 4. The summed E-state index contributed by atoms with van der Waals surface area (Å²) in [5.41, 5.74) is 2.34. The summed E-state index contributed by atoms with van der Waals surface area (Å²) in [7, 11) is -3.21. The van der Waals surface area contributed by atoms with Crippen LogP contribution in [0.4, 0.5) is 0 Å². The normalized spacial score (nSPS) is 21.4. The lowest BCUT2D eigenvalue weighted by Gasteiger charge is -2.22. The lowest BCUT2D eigenvalue weighted by atomic mass is 9.99. The van der Waals surface area contributed by atoms with E-state index in [2.05, 4.69) is 25.3 Å². The first-order valence-corrected chi connectivity index (χ1v) is 10.3. The summed E-state index contributed by atoms with van der Waals surface area (Å²) in [6, 6.07) is 1.91. The van der Waals surface area contributed by atoms with Gasteiger partial charge in [-0.3, -0.25) is 0 Å². The minimum Gasteiger partial charge on any atom is -0.346 e. The molecule has 1 saturated heterocycles. The minimum absolute atomic E-state index is 0.138. The van der Waals surface area contributed by atoms with Crippen LogP contribution in [0.1, 0.15) is 37.2 Å². The molecule has 0 saturated carbocycles. The summed E-state index contributed by atoms with van der Waals surface area (Å²) >= 11 is 0. The summed E-state index contributed by atoms with van der Waals surface area (Å²) in [4.78, 5) is 16.5. The van der Waals surface area contributed by atoms with Crippen molar-refractivity contribution in [3.63, 3.8) is 0 Å². The van der Waals surface area contributed by atoms with Gasteiger partial charge >= 0.3 is 0 Å². The minimum atomic E-state index is -3.21. The van der Waals surface area contributed by atoms with E-state index >= 15 is 0 Å². The molecule has 0 amide bonds. The molecule has 4 rings (SSSR count). The first-order chi connectivity index (χ1) is 12.0. The molecule has 0 bridgehead atoms. The quantitative estimate of drug-likeness (QED) is 0.739. The molecular formula is C17H21N5O2S. The molecule has 25 heavy (non-hydrogen) atoms. The summed E-state index contributed by atoms with van der Waals surface area (Å²) in [6.07, 6.45) is 4.82. The van der Waals surface area contributed by atoms with Crippen molar-refractivity contribution < 1.29 is 8.42 Å². The van der Waals surface area contributed by atoms with Crippen molar-refractivity contribution in [2.75, 3.05) is 12.3 Å². The third-order valence-electron chi connectivity index (χ3n) is 4.80. The first kappa shape index (κ1) is 16.4. The number of sulfone groups is 1. The number of aromatic nitrogens is 4. The maximum absolute atomic E-state index is 12.7. The average Bonchev–Trinajstić information content (AvgIpc) is 3.23. The van der Waals surface area contributed by atoms with Gasteiger partial charge in [0.05, 0.1) is 17.5 Å². The number of aryl methyl sites for hydroxylation is 1. The van der Waals surface area contributed by atoms with E-state index < -0.39 is 15.2 Å². The van der Waals surface area contributed by atoms with Gasteiger partial charge in [-0.25, -0.2) is 23.4 Å². The van der Waals surface area contributed by atoms with Gasteiger partial charge in [0, 0.05) is 28.6 Å². The van der Waals surface area contributed by atoms with Crippen LogP contribution in [0, 0.1) is 6.92 Å². The second-order valence-corrected chi connectivity index (χ2v) is 8.82. The molecule has 0 aliphatic carbocycles. The lowest BCUT2D eigenvalue weighted by Crippen LogP contribution is -2.36. The maximum atomic E-state index is 12.7. The van der Waals surface area contributed by atoms with E-state index in [4.69, 9.17) is 0 Å². The van der Waals surface area contributed by atoms with Gasteiger partial charge in [-0.05, 0) is 32.4 Å². The highest BCUT2D eigenvalue weighted by atomic mass is 32.2. The van der Waals surface area contributed by atoms with Crippen LogP contribution in [-0.2, 0) is 9.84 Å². The molecule has 2 N–H and O–H groups in total. The Labute approximate surface area is 146 Å². The highest BCUT2D eigenvalue weighted by molar-refractivity contribution is 7.92. The van der Waals surface area contributed by atoms with Crippen molar-refractivity contribution in [3.05, 3.63) is 30.0 Å². The van der Waals surface area contributed by atoms with E-state index in [9.17, 15) is 8.42 Å². The smallest absolute Gasteiger partial charge is 0.166 e. The number of fused-ring (bicyclic) bond motifs is 3. The molecule has 0 radical (unpaired) electrons. The highest BCUT2D eigenvalue weighted by Crippen LogP contribution is 2.36. The lowest BCUT2D eigenvalue weighted by molar-refractivity contribution is 0.555. The Morgan fingerprint density at radius 3 is 2.96 bits per heavy atom. The second kappa shape index (κ2) is 6.03. The van der Waals surface area contributed by atoms with Crippen molar-refractivity contribution in [1.82, 2.24) is 25.3 Å². The monoisotopic (exact) mass is 359 g/mol. The number of H-pyrrole nitrogens is 1. The molecule has 1 aliphatic rings. The fourth-order valence-corrected chi connectivity index (χ4v) is 5.79. The first-order valence-electron chi connectivity index (χ1n) is 8.56. The van der Waals surface area contributed by atoms with Crippen LogP contribution in [-0.4, -0.2) is 46.0 Å². The molecule has 2 atom stereocenters. The van der Waals surface area contributed by atoms with Crippen molar-refractivity contribution in [1.29, 1.82) is 0 Å². The van der Waals surface area contributed by atoms with Crippen molar-refractivity contribution in [3.8, 4) is 0 Å². The summed E-state index contributed by atoms with van der Waals surface area (Å²) in [5, 5.41) is 4.47. The molecule has 2 unspecified atom stereocenters. The molecule has 0 aromatic carbocycles. The van der Waals surface area contributed by atoms with E-state index in [0.717, 1.165) is 34.2 Å². The van der Waals surface area contributed by atoms with Crippen molar-refractivity contribution >= 4 is 31.8 Å². The average molecular weight is 359 g/mol.